The van der Waals surface area contributed by atoms with Crippen molar-refractivity contribution in [1.29, 1.82) is 0 Å². The van der Waals surface area contributed by atoms with Crippen LogP contribution in [0.5, 0.6) is 11.8 Å². The van der Waals surface area contributed by atoms with E-state index in [4.69, 9.17) is 42.9 Å². The van der Waals surface area contributed by atoms with Crippen LogP contribution in [0.1, 0.15) is 22.3 Å². The number of hydrogen-bond donors (Lipinski definition) is 0. The van der Waals surface area contributed by atoms with Gasteiger partial charge in [0.2, 0.25) is 11.8 Å². The summed E-state index contributed by atoms with van der Waals surface area (Å²) in [6.45, 7) is 1.27. The van der Waals surface area contributed by atoms with E-state index >= 15 is 0 Å². The number of halogens is 2. The summed E-state index contributed by atoms with van der Waals surface area (Å²) >= 11 is 12.3. The average molecular weight is 960 g/mol. The molecule has 0 aliphatic carbocycles. The molecule has 4 aromatic heterocycles. The monoisotopic (exact) mass is 958 g/mol. The molecule has 6 aromatic carbocycles. The zero-order valence-corrected chi connectivity index (χ0v) is 39.2. The van der Waals surface area contributed by atoms with Crippen molar-refractivity contribution in [2.45, 2.75) is 26.3 Å². The summed E-state index contributed by atoms with van der Waals surface area (Å²) in [6.07, 6.45) is 6.73. The van der Waals surface area contributed by atoms with Gasteiger partial charge in [-0.05, 0) is 93.0 Å². The standard InChI is InChI=1S/2C29H22ClN3O2/c30-25-13-11-23(12-14-25)27-26(24-15-17-31-18-16-24)28(35-20-22-9-5-2-6-10-22)32-33(29(27)34)19-21-7-3-1-4-8-21;30-25-13-11-23(12-14-25)26-27(24-15-17-31-18-16-24)29(34)33(19-21-7-3-1-4-8-21)32-28(26)35-20-22-9-5-2-6-10-22/h2*1-18H,19-20H2. The molecule has 10 rings (SSSR count). The number of aromatic nitrogens is 6. The van der Waals surface area contributed by atoms with E-state index in [1.807, 2.05) is 170 Å². The minimum Gasteiger partial charge on any atom is -0.471 e. The third-order valence-corrected chi connectivity index (χ3v) is 11.7. The molecule has 4 heterocycles. The van der Waals surface area contributed by atoms with E-state index in [0.717, 1.165) is 44.5 Å². The molecular weight excluding hydrogens is 916 g/mol. The molecule has 0 amide bonds. The summed E-state index contributed by atoms with van der Waals surface area (Å²) in [5.74, 6) is 0.749. The van der Waals surface area contributed by atoms with Gasteiger partial charge in [-0.1, -0.05) is 169 Å². The molecule has 10 nitrogen and oxygen atoms in total. The van der Waals surface area contributed by atoms with Gasteiger partial charge in [0.15, 0.2) is 0 Å². The fourth-order valence-electron chi connectivity index (χ4n) is 7.82. The highest BCUT2D eigenvalue weighted by Crippen LogP contribution is 2.38. The Morgan fingerprint density at radius 2 is 0.657 bits per heavy atom. The number of benzene rings is 6. The summed E-state index contributed by atoms with van der Waals surface area (Å²) in [5.41, 5.74) is 8.84. The highest BCUT2D eigenvalue weighted by atomic mass is 35.5. The topological polar surface area (TPSA) is 114 Å². The first-order valence-corrected chi connectivity index (χ1v) is 23.2. The van der Waals surface area contributed by atoms with Crippen molar-refractivity contribution >= 4 is 23.2 Å². The number of ether oxygens (including phenoxy) is 2. The molecule has 0 radical (unpaired) electrons. The molecule has 0 saturated carbocycles. The van der Waals surface area contributed by atoms with E-state index in [0.29, 0.717) is 70.4 Å². The van der Waals surface area contributed by atoms with Gasteiger partial charge in [-0.3, -0.25) is 19.6 Å². The van der Waals surface area contributed by atoms with Crippen molar-refractivity contribution in [2.24, 2.45) is 0 Å². The predicted molar refractivity (Wildman–Crippen MR) is 277 cm³/mol. The lowest BCUT2D eigenvalue weighted by Gasteiger charge is -2.18. The quantitative estimate of drug-likeness (QED) is 0.106. The van der Waals surface area contributed by atoms with Crippen molar-refractivity contribution < 1.29 is 9.47 Å². The molecule has 0 unspecified atom stereocenters. The zero-order chi connectivity index (χ0) is 48.1. The fourth-order valence-corrected chi connectivity index (χ4v) is 8.07. The van der Waals surface area contributed by atoms with Crippen LogP contribution in [-0.4, -0.2) is 29.5 Å². The fraction of sp³-hybridized carbons (Fsp3) is 0.0690. The second-order valence-corrected chi connectivity index (χ2v) is 16.9. The first-order chi connectivity index (χ1) is 34.4. The Morgan fingerprint density at radius 3 is 1.01 bits per heavy atom. The Morgan fingerprint density at radius 1 is 0.357 bits per heavy atom. The van der Waals surface area contributed by atoms with Crippen molar-refractivity contribution in [3.8, 4) is 56.3 Å². The number of pyridine rings is 2. The van der Waals surface area contributed by atoms with Crippen molar-refractivity contribution in [1.82, 2.24) is 29.5 Å². The molecule has 0 spiro atoms. The van der Waals surface area contributed by atoms with E-state index in [2.05, 4.69) is 9.97 Å². The molecule has 0 aliphatic rings. The van der Waals surface area contributed by atoms with Gasteiger partial charge in [0.05, 0.1) is 35.3 Å². The lowest BCUT2D eigenvalue weighted by atomic mass is 9.97. The van der Waals surface area contributed by atoms with Crippen molar-refractivity contribution in [2.75, 3.05) is 0 Å². The molecule has 0 saturated heterocycles. The largest absolute Gasteiger partial charge is 0.471 e. The third kappa shape index (κ3) is 11.4. The Kier molecular flexibility index (Phi) is 15.0. The van der Waals surface area contributed by atoms with Gasteiger partial charge in [-0.15, -0.1) is 10.2 Å². The first kappa shape index (κ1) is 46.7. The van der Waals surface area contributed by atoms with E-state index in [-0.39, 0.29) is 11.1 Å². The smallest absolute Gasteiger partial charge is 0.275 e. The molecule has 0 fully saturated rings. The molecule has 0 bridgehead atoms. The molecule has 10 aromatic rings. The second kappa shape index (κ2) is 22.6. The molecule has 12 heteroatoms. The Balaban J connectivity index is 0.000000174. The van der Waals surface area contributed by atoms with E-state index in [1.165, 1.54) is 9.36 Å². The lowest BCUT2D eigenvalue weighted by Crippen LogP contribution is -2.26. The van der Waals surface area contributed by atoms with Crippen molar-refractivity contribution in [3.63, 3.8) is 0 Å². The van der Waals surface area contributed by atoms with Crippen molar-refractivity contribution in [3.05, 3.63) is 272 Å². The van der Waals surface area contributed by atoms with E-state index in [1.54, 1.807) is 49.1 Å². The minimum absolute atomic E-state index is 0.211. The van der Waals surface area contributed by atoms with Crippen LogP contribution in [0.4, 0.5) is 0 Å². The zero-order valence-electron chi connectivity index (χ0n) is 37.7. The average Bonchev–Trinajstić information content (AvgIpc) is 3.41. The van der Waals surface area contributed by atoms with Crippen LogP contribution in [0, 0.1) is 0 Å². The van der Waals surface area contributed by atoms with Crippen LogP contribution in [-0.2, 0) is 26.3 Å². The van der Waals surface area contributed by atoms with Gasteiger partial charge < -0.3 is 9.47 Å². The van der Waals surface area contributed by atoms with Gasteiger partial charge in [0.25, 0.3) is 11.1 Å². The molecule has 0 N–H and O–H groups in total. The maximum atomic E-state index is 13.9. The molecule has 0 atom stereocenters. The summed E-state index contributed by atoms with van der Waals surface area (Å²) in [4.78, 5) is 36.0. The SMILES string of the molecule is O=c1c(-c2ccc(Cl)cc2)c(-c2ccncc2)c(OCc2ccccc2)nn1Cc1ccccc1.O=c1c(-c2ccncc2)c(-c2ccc(Cl)cc2)c(OCc2ccccc2)nn1Cc1ccccc1. The maximum Gasteiger partial charge on any atom is 0.275 e. The summed E-state index contributed by atoms with van der Waals surface area (Å²) in [6, 6.07) is 61.2. The number of hydrogen-bond acceptors (Lipinski definition) is 8. The van der Waals surface area contributed by atoms with Gasteiger partial charge in [-0.2, -0.15) is 0 Å². The normalized spacial score (nSPS) is 10.8. The third-order valence-electron chi connectivity index (χ3n) is 11.2. The lowest BCUT2D eigenvalue weighted by molar-refractivity contribution is 0.285. The maximum absolute atomic E-state index is 13.9. The molecule has 70 heavy (non-hydrogen) atoms. The van der Waals surface area contributed by atoms with E-state index in [9.17, 15) is 9.59 Å². The molecular formula is C58H44Cl2N6O4. The van der Waals surface area contributed by atoms with Crippen LogP contribution in [0.25, 0.3) is 44.5 Å². The highest BCUT2D eigenvalue weighted by molar-refractivity contribution is 6.31. The minimum atomic E-state index is -0.213. The number of rotatable bonds is 14. The van der Waals surface area contributed by atoms with Gasteiger partial charge in [0.1, 0.15) is 13.2 Å². The van der Waals surface area contributed by atoms with Gasteiger partial charge >= 0.3 is 0 Å². The van der Waals surface area contributed by atoms with Gasteiger partial charge in [-0.25, -0.2) is 9.36 Å². The highest BCUT2D eigenvalue weighted by Gasteiger charge is 2.24. The molecule has 0 aliphatic heterocycles. The Hall–Kier alpha value is -8.44. The summed E-state index contributed by atoms with van der Waals surface area (Å²) < 4.78 is 15.5. The summed E-state index contributed by atoms with van der Waals surface area (Å²) in [5, 5.41) is 10.6. The Bertz CT molecular complexity index is 3400. The van der Waals surface area contributed by atoms with Crippen LogP contribution in [0.15, 0.2) is 229 Å². The van der Waals surface area contributed by atoms with Crippen LogP contribution < -0.4 is 20.6 Å². The predicted octanol–water partition coefficient (Wildman–Crippen LogP) is 12.5. The van der Waals surface area contributed by atoms with E-state index < -0.39 is 0 Å². The van der Waals surface area contributed by atoms with Gasteiger partial charge in [0, 0.05) is 34.8 Å². The number of nitrogens with zero attached hydrogens (tertiary/aromatic N) is 6. The van der Waals surface area contributed by atoms with Crippen LogP contribution in [0.2, 0.25) is 10.0 Å². The first-order valence-electron chi connectivity index (χ1n) is 22.4. The van der Waals surface area contributed by atoms with Crippen LogP contribution >= 0.6 is 23.2 Å². The molecule has 344 valence electrons. The van der Waals surface area contributed by atoms with Crippen LogP contribution in [0.3, 0.4) is 0 Å². The Labute approximate surface area is 414 Å². The summed E-state index contributed by atoms with van der Waals surface area (Å²) in [7, 11) is 0. The second-order valence-electron chi connectivity index (χ2n) is 16.0.